The summed E-state index contributed by atoms with van der Waals surface area (Å²) >= 11 is 0. The van der Waals surface area contributed by atoms with Gasteiger partial charge in [-0.25, -0.2) is 0 Å². The second kappa shape index (κ2) is 6.08. The summed E-state index contributed by atoms with van der Waals surface area (Å²) in [5, 5.41) is 2.85. The highest BCUT2D eigenvalue weighted by Gasteiger charge is 2.31. The second-order valence-electron chi connectivity index (χ2n) is 6.34. The average molecular weight is 301 g/mol. The van der Waals surface area contributed by atoms with Crippen LogP contribution in [0.5, 0.6) is 0 Å². The summed E-state index contributed by atoms with van der Waals surface area (Å²) in [6.45, 7) is 3.45. The van der Waals surface area contributed by atoms with E-state index in [0.717, 1.165) is 30.6 Å². The molecule has 1 aromatic carbocycles. The molecule has 1 aromatic rings. The lowest BCUT2D eigenvalue weighted by molar-refractivity contribution is -0.116. The Hall–Kier alpha value is -1.88. The second-order valence-corrected chi connectivity index (χ2v) is 6.34. The first-order chi connectivity index (χ1) is 10.6. The zero-order chi connectivity index (χ0) is 15.7. The van der Waals surface area contributed by atoms with Crippen molar-refractivity contribution in [1.29, 1.82) is 0 Å². The Labute approximate surface area is 130 Å². The van der Waals surface area contributed by atoms with Gasteiger partial charge >= 0.3 is 0 Å². The number of benzene rings is 1. The van der Waals surface area contributed by atoms with Gasteiger partial charge in [0, 0.05) is 36.8 Å². The van der Waals surface area contributed by atoms with Gasteiger partial charge in [-0.15, -0.1) is 0 Å². The Morgan fingerprint density at radius 2 is 2.23 bits per heavy atom. The van der Waals surface area contributed by atoms with E-state index in [4.69, 9.17) is 5.73 Å². The summed E-state index contributed by atoms with van der Waals surface area (Å²) in [5.41, 5.74) is 8.45. The number of piperidine rings is 1. The van der Waals surface area contributed by atoms with E-state index in [1.807, 2.05) is 17.0 Å². The Kier molecular flexibility index (Phi) is 4.16. The first-order valence-electron chi connectivity index (χ1n) is 8.04. The smallest absolute Gasteiger partial charge is 0.254 e. The summed E-state index contributed by atoms with van der Waals surface area (Å²) in [4.78, 5) is 26.2. The molecule has 5 heteroatoms. The molecular weight excluding hydrogens is 278 g/mol. The van der Waals surface area contributed by atoms with Crippen molar-refractivity contribution < 1.29 is 9.59 Å². The highest BCUT2D eigenvalue weighted by molar-refractivity contribution is 5.98. The fourth-order valence-corrected chi connectivity index (χ4v) is 3.54. The number of likely N-dealkylation sites (tertiary alicyclic amines) is 1. The van der Waals surface area contributed by atoms with Crippen LogP contribution in [-0.2, 0) is 11.2 Å². The predicted octanol–water partition coefficient (Wildman–Crippen LogP) is 1.77. The number of aryl methyl sites for hydroxylation is 1. The van der Waals surface area contributed by atoms with E-state index in [1.165, 1.54) is 0 Å². The van der Waals surface area contributed by atoms with Gasteiger partial charge in [-0.2, -0.15) is 0 Å². The number of rotatable bonds is 2. The van der Waals surface area contributed by atoms with Crippen molar-refractivity contribution in [2.24, 2.45) is 11.7 Å². The normalized spacial score (nSPS) is 24.6. The largest absolute Gasteiger partial charge is 0.334 e. The molecule has 1 fully saturated rings. The molecule has 118 valence electrons. The predicted molar refractivity (Wildman–Crippen MR) is 85.7 cm³/mol. The third-order valence-electron chi connectivity index (χ3n) is 4.87. The summed E-state index contributed by atoms with van der Waals surface area (Å²) in [6.07, 6.45) is 3.34. The maximum Gasteiger partial charge on any atom is 0.254 e. The van der Waals surface area contributed by atoms with Crippen LogP contribution >= 0.6 is 0 Å². The number of nitrogens with one attached hydrogen (secondary N) is 1. The molecule has 5 nitrogen and oxygen atoms in total. The molecule has 0 aliphatic carbocycles. The van der Waals surface area contributed by atoms with Crippen LogP contribution in [0.4, 0.5) is 5.69 Å². The van der Waals surface area contributed by atoms with Gasteiger partial charge in [-0.05, 0) is 48.9 Å². The quantitative estimate of drug-likeness (QED) is 0.874. The monoisotopic (exact) mass is 301 g/mol. The minimum absolute atomic E-state index is 0.0413. The number of carbonyl (C=O) groups excluding carboxylic acids is 2. The average Bonchev–Trinajstić information content (AvgIpc) is 2.53. The van der Waals surface area contributed by atoms with Crippen molar-refractivity contribution in [3.8, 4) is 0 Å². The molecule has 2 heterocycles. The Morgan fingerprint density at radius 3 is 3.00 bits per heavy atom. The van der Waals surface area contributed by atoms with Gasteiger partial charge < -0.3 is 16.0 Å². The standard InChI is InChI=1S/C17H23N3O2/c1-11-3-2-8-20(15(11)10-18)17(22)13-4-6-14-12(9-13)5-7-16(21)19-14/h4,6,9,11,15H,2-3,5,7-8,10,18H2,1H3,(H,19,21)/t11-,15+/m0/s1. The van der Waals surface area contributed by atoms with Crippen LogP contribution in [0.1, 0.15) is 42.1 Å². The number of nitrogens with two attached hydrogens (primary N) is 1. The molecule has 0 aromatic heterocycles. The molecule has 3 N–H and O–H groups in total. The molecule has 2 amide bonds. The van der Waals surface area contributed by atoms with Gasteiger partial charge in [-0.1, -0.05) is 6.92 Å². The molecule has 2 aliphatic heterocycles. The Balaban J connectivity index is 1.84. The minimum atomic E-state index is 0.0413. The molecule has 0 spiro atoms. The molecule has 2 atom stereocenters. The number of carbonyl (C=O) groups is 2. The molecule has 2 aliphatic rings. The summed E-state index contributed by atoms with van der Waals surface area (Å²) in [5.74, 6) is 0.543. The van der Waals surface area contributed by atoms with Crippen molar-refractivity contribution in [2.75, 3.05) is 18.4 Å². The maximum absolute atomic E-state index is 12.8. The van der Waals surface area contributed by atoms with Gasteiger partial charge in [0.05, 0.1) is 0 Å². The first kappa shape index (κ1) is 15.0. The van der Waals surface area contributed by atoms with Crippen LogP contribution in [0.3, 0.4) is 0 Å². The highest BCUT2D eigenvalue weighted by Crippen LogP contribution is 2.27. The lowest BCUT2D eigenvalue weighted by Crippen LogP contribution is -2.51. The van der Waals surface area contributed by atoms with Crippen LogP contribution < -0.4 is 11.1 Å². The van der Waals surface area contributed by atoms with Crippen LogP contribution in [0.2, 0.25) is 0 Å². The molecule has 0 bridgehead atoms. The minimum Gasteiger partial charge on any atom is -0.334 e. The fraction of sp³-hybridized carbons (Fsp3) is 0.529. The lowest BCUT2D eigenvalue weighted by Gasteiger charge is -2.39. The van der Waals surface area contributed by atoms with Gasteiger partial charge in [-0.3, -0.25) is 9.59 Å². The van der Waals surface area contributed by atoms with Crippen molar-refractivity contribution in [3.63, 3.8) is 0 Å². The van der Waals surface area contributed by atoms with Gasteiger partial charge in [0.2, 0.25) is 5.91 Å². The maximum atomic E-state index is 12.8. The number of hydrogen-bond acceptors (Lipinski definition) is 3. The molecule has 0 unspecified atom stereocenters. The highest BCUT2D eigenvalue weighted by atomic mass is 16.2. The van der Waals surface area contributed by atoms with Crippen molar-refractivity contribution in [3.05, 3.63) is 29.3 Å². The summed E-state index contributed by atoms with van der Waals surface area (Å²) in [7, 11) is 0. The molecule has 1 saturated heterocycles. The third kappa shape index (κ3) is 2.73. The van der Waals surface area contributed by atoms with E-state index in [-0.39, 0.29) is 17.9 Å². The van der Waals surface area contributed by atoms with E-state index < -0.39 is 0 Å². The van der Waals surface area contributed by atoms with Gasteiger partial charge in [0.15, 0.2) is 0 Å². The zero-order valence-electron chi connectivity index (χ0n) is 13.0. The van der Waals surface area contributed by atoms with Crippen molar-refractivity contribution in [2.45, 2.75) is 38.6 Å². The lowest BCUT2D eigenvalue weighted by atomic mass is 9.90. The fourth-order valence-electron chi connectivity index (χ4n) is 3.54. The number of hydrogen-bond donors (Lipinski definition) is 2. The Morgan fingerprint density at radius 1 is 1.41 bits per heavy atom. The van der Waals surface area contributed by atoms with Crippen LogP contribution in [-0.4, -0.2) is 35.8 Å². The number of fused-ring (bicyclic) bond motifs is 1. The van der Waals surface area contributed by atoms with E-state index in [2.05, 4.69) is 12.2 Å². The Bertz CT molecular complexity index is 600. The van der Waals surface area contributed by atoms with Gasteiger partial charge in [0.1, 0.15) is 0 Å². The van der Waals surface area contributed by atoms with E-state index >= 15 is 0 Å². The molecule has 22 heavy (non-hydrogen) atoms. The van der Waals surface area contributed by atoms with E-state index in [9.17, 15) is 9.59 Å². The van der Waals surface area contributed by atoms with Crippen LogP contribution in [0.25, 0.3) is 0 Å². The van der Waals surface area contributed by atoms with Gasteiger partial charge in [0.25, 0.3) is 5.91 Å². The number of anilines is 1. The topological polar surface area (TPSA) is 75.4 Å². The molecular formula is C17H23N3O2. The van der Waals surface area contributed by atoms with Crippen LogP contribution in [0, 0.1) is 5.92 Å². The first-order valence-corrected chi connectivity index (χ1v) is 8.04. The summed E-state index contributed by atoms with van der Waals surface area (Å²) in [6, 6.07) is 5.69. The molecule has 3 rings (SSSR count). The van der Waals surface area contributed by atoms with E-state index in [1.54, 1.807) is 6.07 Å². The summed E-state index contributed by atoms with van der Waals surface area (Å²) < 4.78 is 0. The number of nitrogens with zero attached hydrogens (tertiary/aromatic N) is 1. The van der Waals surface area contributed by atoms with Crippen LogP contribution in [0.15, 0.2) is 18.2 Å². The van der Waals surface area contributed by atoms with Crippen molar-refractivity contribution >= 4 is 17.5 Å². The van der Waals surface area contributed by atoms with Crippen molar-refractivity contribution in [1.82, 2.24) is 4.90 Å². The SMILES string of the molecule is C[C@H]1CCCN(C(=O)c2ccc3c(c2)CCC(=O)N3)[C@@H]1CN. The number of amides is 2. The zero-order valence-corrected chi connectivity index (χ0v) is 13.0. The molecule has 0 saturated carbocycles. The van der Waals surface area contributed by atoms with E-state index in [0.29, 0.717) is 30.9 Å². The molecule has 0 radical (unpaired) electrons. The third-order valence-corrected chi connectivity index (χ3v) is 4.87.